The predicted octanol–water partition coefficient (Wildman–Crippen LogP) is 3.65. The fourth-order valence-corrected chi connectivity index (χ4v) is 6.21. The third-order valence-electron chi connectivity index (χ3n) is 4.72. The quantitative estimate of drug-likeness (QED) is 0.779. The molecule has 138 valence electrons. The Morgan fingerprint density at radius 1 is 1.15 bits per heavy atom. The van der Waals surface area contributed by atoms with Gasteiger partial charge in [0.25, 0.3) is 0 Å². The number of rotatable bonds is 6. The molecule has 26 heavy (non-hydrogen) atoms. The molecule has 2 aromatic carbocycles. The van der Waals surface area contributed by atoms with Crippen LogP contribution in [0.1, 0.15) is 11.5 Å². The number of ether oxygens (including phenoxy) is 1. The maximum absolute atomic E-state index is 13.2. The Hall–Kier alpha value is -1.60. The summed E-state index contributed by atoms with van der Waals surface area (Å²) in [6.07, 6.45) is 0. The maximum atomic E-state index is 13.2. The van der Waals surface area contributed by atoms with Crippen molar-refractivity contribution in [2.24, 2.45) is 5.41 Å². The van der Waals surface area contributed by atoms with Gasteiger partial charge in [-0.3, -0.25) is 4.79 Å². The van der Waals surface area contributed by atoms with Gasteiger partial charge in [-0.25, -0.2) is 8.42 Å². The zero-order valence-corrected chi connectivity index (χ0v) is 16.1. The van der Waals surface area contributed by atoms with Crippen LogP contribution in [-0.4, -0.2) is 38.5 Å². The summed E-state index contributed by atoms with van der Waals surface area (Å²) in [7, 11) is -2.58. The number of carboxylic acids is 1. The summed E-state index contributed by atoms with van der Waals surface area (Å²) in [6, 6.07) is 12.3. The molecule has 3 atom stereocenters. The van der Waals surface area contributed by atoms with Crippen LogP contribution in [-0.2, 0) is 19.4 Å². The molecular formula is C18H16Cl2O5S. The molecule has 0 aliphatic heterocycles. The van der Waals surface area contributed by atoms with Gasteiger partial charge in [-0.1, -0.05) is 35.3 Å². The lowest BCUT2D eigenvalue weighted by Crippen LogP contribution is -2.28. The van der Waals surface area contributed by atoms with Crippen LogP contribution in [0.4, 0.5) is 0 Å². The lowest BCUT2D eigenvalue weighted by molar-refractivity contribution is -0.145. The first kappa shape index (κ1) is 19.2. The summed E-state index contributed by atoms with van der Waals surface area (Å²) in [4.78, 5) is 12.1. The van der Waals surface area contributed by atoms with Gasteiger partial charge in [-0.15, -0.1) is 0 Å². The van der Waals surface area contributed by atoms with E-state index in [0.29, 0.717) is 15.6 Å². The number of aliphatic carboxylic acids is 1. The van der Waals surface area contributed by atoms with Gasteiger partial charge < -0.3 is 9.84 Å². The van der Waals surface area contributed by atoms with Crippen molar-refractivity contribution >= 4 is 39.0 Å². The SMILES string of the molecule is COC[C@]1(C(=O)O)[C@H](c2cccc(Cl)c2)[C@H]1S(=O)(=O)c1ccc(Cl)cc1. The highest BCUT2D eigenvalue weighted by Crippen LogP contribution is 2.64. The minimum absolute atomic E-state index is 0.0261. The molecule has 0 amide bonds. The molecule has 3 rings (SSSR count). The molecule has 1 aliphatic rings. The van der Waals surface area contributed by atoms with Gasteiger partial charge in [0.15, 0.2) is 9.84 Å². The second-order valence-corrected chi connectivity index (χ2v) is 9.17. The minimum Gasteiger partial charge on any atom is -0.481 e. The second kappa shape index (κ2) is 6.85. The molecule has 0 unspecified atom stereocenters. The summed E-state index contributed by atoms with van der Waals surface area (Å²) in [5.41, 5.74) is -1.02. The molecule has 0 bridgehead atoms. The van der Waals surface area contributed by atoms with E-state index >= 15 is 0 Å². The lowest BCUT2D eigenvalue weighted by atomic mass is 10.00. The molecule has 1 aliphatic carbocycles. The summed E-state index contributed by atoms with van der Waals surface area (Å²) in [6.45, 7) is -0.225. The molecule has 0 spiro atoms. The highest BCUT2D eigenvalue weighted by atomic mass is 35.5. The molecule has 0 aromatic heterocycles. The molecule has 5 nitrogen and oxygen atoms in total. The van der Waals surface area contributed by atoms with Gasteiger partial charge in [0.2, 0.25) is 0 Å². The first-order valence-corrected chi connectivity index (χ1v) is 10.0. The maximum Gasteiger partial charge on any atom is 0.314 e. The van der Waals surface area contributed by atoms with E-state index in [1.54, 1.807) is 24.3 Å². The minimum atomic E-state index is -3.93. The summed E-state index contributed by atoms with van der Waals surface area (Å²) < 4.78 is 31.4. The van der Waals surface area contributed by atoms with E-state index in [1.807, 2.05) is 0 Å². The molecule has 2 aromatic rings. The summed E-state index contributed by atoms with van der Waals surface area (Å²) in [5, 5.41) is 9.51. The van der Waals surface area contributed by atoms with E-state index in [4.69, 9.17) is 27.9 Å². The first-order valence-electron chi connectivity index (χ1n) is 7.72. The van der Waals surface area contributed by atoms with Crippen molar-refractivity contribution in [3.8, 4) is 0 Å². The Morgan fingerprint density at radius 2 is 1.81 bits per heavy atom. The fourth-order valence-electron chi connectivity index (χ4n) is 3.53. The zero-order chi connectivity index (χ0) is 19.1. The highest BCUT2D eigenvalue weighted by Gasteiger charge is 2.76. The average Bonchev–Trinajstić information content (AvgIpc) is 3.27. The van der Waals surface area contributed by atoms with Gasteiger partial charge in [0.05, 0.1) is 16.8 Å². The van der Waals surface area contributed by atoms with Crippen LogP contribution < -0.4 is 0 Å². The second-order valence-electron chi connectivity index (χ2n) is 6.23. The van der Waals surface area contributed by atoms with Crippen LogP contribution in [0, 0.1) is 5.41 Å². The summed E-state index contributed by atoms with van der Waals surface area (Å²) >= 11 is 11.9. The number of carboxylic acid groups (broad SMARTS) is 1. The van der Waals surface area contributed by atoms with E-state index < -0.39 is 32.4 Å². The topological polar surface area (TPSA) is 80.7 Å². The smallest absolute Gasteiger partial charge is 0.314 e. The van der Waals surface area contributed by atoms with Crippen LogP contribution in [0.15, 0.2) is 53.4 Å². The zero-order valence-electron chi connectivity index (χ0n) is 13.7. The van der Waals surface area contributed by atoms with E-state index in [-0.39, 0.29) is 11.5 Å². The Bertz CT molecular complexity index is 942. The Morgan fingerprint density at radius 3 is 2.35 bits per heavy atom. The van der Waals surface area contributed by atoms with Crippen LogP contribution in [0.3, 0.4) is 0 Å². The van der Waals surface area contributed by atoms with Crippen LogP contribution in [0.5, 0.6) is 0 Å². The molecule has 8 heteroatoms. The van der Waals surface area contributed by atoms with Crippen LogP contribution >= 0.6 is 23.2 Å². The molecule has 0 radical (unpaired) electrons. The van der Waals surface area contributed by atoms with E-state index in [9.17, 15) is 18.3 Å². The molecule has 1 N–H and O–H groups in total. The van der Waals surface area contributed by atoms with E-state index in [0.717, 1.165) is 0 Å². The lowest BCUT2D eigenvalue weighted by Gasteiger charge is -2.12. The third-order valence-corrected chi connectivity index (χ3v) is 7.50. The highest BCUT2D eigenvalue weighted by molar-refractivity contribution is 7.92. The Kier molecular flexibility index (Phi) is 5.05. The van der Waals surface area contributed by atoms with Gasteiger partial charge in [-0.2, -0.15) is 0 Å². The molecule has 0 heterocycles. The van der Waals surface area contributed by atoms with Gasteiger partial charge in [0, 0.05) is 23.1 Å². The summed E-state index contributed by atoms with van der Waals surface area (Å²) in [5.74, 6) is -1.98. The normalized spacial score (nSPS) is 25.0. The Balaban J connectivity index is 2.13. The number of hydrogen-bond acceptors (Lipinski definition) is 4. The third kappa shape index (κ3) is 3.01. The van der Waals surface area contributed by atoms with Crippen molar-refractivity contribution < 1.29 is 23.1 Å². The number of benzene rings is 2. The van der Waals surface area contributed by atoms with Crippen molar-refractivity contribution in [1.29, 1.82) is 0 Å². The average molecular weight is 415 g/mol. The van der Waals surface area contributed by atoms with Crippen molar-refractivity contribution in [2.45, 2.75) is 16.1 Å². The fraction of sp³-hybridized carbons (Fsp3) is 0.278. The van der Waals surface area contributed by atoms with Crippen molar-refractivity contribution in [3.05, 3.63) is 64.1 Å². The van der Waals surface area contributed by atoms with Gasteiger partial charge in [-0.05, 0) is 42.0 Å². The monoisotopic (exact) mass is 414 g/mol. The Labute approximate surface area is 161 Å². The number of carbonyl (C=O) groups is 1. The predicted molar refractivity (Wildman–Crippen MR) is 98.6 cm³/mol. The van der Waals surface area contributed by atoms with E-state index in [2.05, 4.69) is 0 Å². The van der Waals surface area contributed by atoms with Crippen molar-refractivity contribution in [1.82, 2.24) is 0 Å². The van der Waals surface area contributed by atoms with Gasteiger partial charge >= 0.3 is 5.97 Å². The first-order chi connectivity index (χ1) is 12.2. The number of hydrogen-bond donors (Lipinski definition) is 1. The van der Waals surface area contributed by atoms with Crippen molar-refractivity contribution in [2.75, 3.05) is 13.7 Å². The molecule has 1 saturated carbocycles. The van der Waals surface area contributed by atoms with Crippen LogP contribution in [0.25, 0.3) is 0 Å². The van der Waals surface area contributed by atoms with Gasteiger partial charge in [0.1, 0.15) is 5.41 Å². The molecule has 0 saturated heterocycles. The number of methoxy groups -OCH3 is 1. The molecule has 1 fully saturated rings. The van der Waals surface area contributed by atoms with Crippen molar-refractivity contribution in [3.63, 3.8) is 0 Å². The molecular weight excluding hydrogens is 399 g/mol. The standard InChI is InChI=1S/C18H16Cl2O5S/c1-25-10-18(17(21)22)15(11-3-2-4-13(20)9-11)16(18)26(23,24)14-7-5-12(19)6-8-14/h2-9,15-16H,10H2,1H3,(H,21,22)/t15-,16-,18+/m1/s1. The largest absolute Gasteiger partial charge is 0.481 e. The number of sulfone groups is 1. The number of halogens is 2. The van der Waals surface area contributed by atoms with Crippen LogP contribution in [0.2, 0.25) is 10.0 Å². The van der Waals surface area contributed by atoms with E-state index in [1.165, 1.54) is 31.4 Å².